The van der Waals surface area contributed by atoms with Crippen LogP contribution < -0.4 is 5.73 Å². The Kier molecular flexibility index (Phi) is 4.05. The van der Waals surface area contributed by atoms with Crippen molar-refractivity contribution in [1.29, 1.82) is 0 Å². The molecule has 1 aliphatic heterocycles. The van der Waals surface area contributed by atoms with Gasteiger partial charge < -0.3 is 5.73 Å². The minimum absolute atomic E-state index is 0.177. The summed E-state index contributed by atoms with van der Waals surface area (Å²) in [7, 11) is -1.75. The van der Waals surface area contributed by atoms with Crippen molar-refractivity contribution in [3.8, 4) is 0 Å². The third-order valence-electron chi connectivity index (χ3n) is 4.84. The Labute approximate surface area is 126 Å². The zero-order chi connectivity index (χ0) is 15.0. The standard InChI is InChI=1S/C15H23N3O2S/c1-17(9-12-5-3-2-4-6-12)21(19,20)18-10-13-7-8-14(11-18)15(13)16/h2-6,13-15H,7-11,16H2,1H3/t13-,14+,15?. The van der Waals surface area contributed by atoms with Crippen LogP contribution in [0, 0.1) is 11.8 Å². The lowest BCUT2D eigenvalue weighted by Gasteiger charge is -2.37. The molecular weight excluding hydrogens is 286 g/mol. The SMILES string of the molecule is CN(Cc1ccccc1)S(=O)(=O)N1C[C@H]2CC[C@@H](C1)C2N. The summed E-state index contributed by atoms with van der Waals surface area (Å²) in [5.41, 5.74) is 7.15. The Balaban J connectivity index is 1.72. The molecule has 5 nitrogen and oxygen atoms in total. The van der Waals surface area contributed by atoms with Crippen LogP contribution in [0.25, 0.3) is 0 Å². The van der Waals surface area contributed by atoms with Gasteiger partial charge in [0.15, 0.2) is 0 Å². The Morgan fingerprint density at radius 2 is 1.76 bits per heavy atom. The fourth-order valence-electron chi connectivity index (χ4n) is 3.53. The van der Waals surface area contributed by atoms with E-state index in [2.05, 4.69) is 0 Å². The lowest BCUT2D eigenvalue weighted by molar-refractivity contribution is 0.217. The summed E-state index contributed by atoms with van der Waals surface area (Å²) in [4.78, 5) is 0. The Hall–Kier alpha value is -0.950. The summed E-state index contributed by atoms with van der Waals surface area (Å²) < 4.78 is 28.5. The predicted molar refractivity (Wildman–Crippen MR) is 82.6 cm³/mol. The summed E-state index contributed by atoms with van der Waals surface area (Å²) in [5.74, 6) is 0.646. The third-order valence-corrected chi connectivity index (χ3v) is 6.71. The number of nitrogens with two attached hydrogens (primary N) is 1. The molecule has 1 heterocycles. The van der Waals surface area contributed by atoms with Gasteiger partial charge in [-0.3, -0.25) is 0 Å². The van der Waals surface area contributed by atoms with Gasteiger partial charge in [-0.05, 0) is 30.2 Å². The first-order chi connectivity index (χ1) is 9.98. The largest absolute Gasteiger partial charge is 0.327 e. The number of benzene rings is 1. The minimum atomic E-state index is -3.40. The van der Waals surface area contributed by atoms with Gasteiger partial charge in [0.2, 0.25) is 0 Å². The molecule has 0 aromatic heterocycles. The number of nitrogens with zero attached hydrogens (tertiary/aromatic N) is 2. The molecule has 116 valence electrons. The molecule has 1 aliphatic carbocycles. The van der Waals surface area contributed by atoms with E-state index in [9.17, 15) is 8.42 Å². The van der Waals surface area contributed by atoms with Crippen molar-refractivity contribution in [2.24, 2.45) is 17.6 Å². The second-order valence-corrected chi connectivity index (χ2v) is 8.28. The third kappa shape index (κ3) is 2.85. The van der Waals surface area contributed by atoms with Crippen molar-refractivity contribution in [3.05, 3.63) is 35.9 Å². The molecule has 1 unspecified atom stereocenters. The number of fused-ring (bicyclic) bond motifs is 2. The Bertz CT molecular complexity index is 576. The van der Waals surface area contributed by atoms with Gasteiger partial charge in [0, 0.05) is 32.7 Å². The van der Waals surface area contributed by atoms with Gasteiger partial charge in [-0.1, -0.05) is 30.3 Å². The maximum Gasteiger partial charge on any atom is 0.282 e. The molecule has 2 fully saturated rings. The smallest absolute Gasteiger partial charge is 0.282 e. The molecule has 0 spiro atoms. The van der Waals surface area contributed by atoms with E-state index in [-0.39, 0.29) is 6.04 Å². The van der Waals surface area contributed by atoms with E-state index < -0.39 is 10.2 Å². The van der Waals surface area contributed by atoms with Gasteiger partial charge >= 0.3 is 0 Å². The molecule has 2 N–H and O–H groups in total. The van der Waals surface area contributed by atoms with Gasteiger partial charge in [0.25, 0.3) is 10.2 Å². The molecule has 1 aromatic rings. The van der Waals surface area contributed by atoms with Gasteiger partial charge in [-0.15, -0.1) is 0 Å². The van der Waals surface area contributed by atoms with E-state index in [0.717, 1.165) is 18.4 Å². The van der Waals surface area contributed by atoms with Crippen molar-refractivity contribution in [2.75, 3.05) is 20.1 Å². The first kappa shape index (κ1) is 15.0. The predicted octanol–water partition coefficient (Wildman–Crippen LogP) is 1.03. The van der Waals surface area contributed by atoms with E-state index in [1.165, 1.54) is 4.31 Å². The van der Waals surface area contributed by atoms with Crippen molar-refractivity contribution in [3.63, 3.8) is 0 Å². The average Bonchev–Trinajstić information content (AvgIpc) is 2.69. The normalized spacial score (nSPS) is 30.0. The number of rotatable bonds is 4. The van der Waals surface area contributed by atoms with Crippen LogP contribution in [-0.2, 0) is 16.8 Å². The quantitative estimate of drug-likeness (QED) is 0.903. The summed E-state index contributed by atoms with van der Waals surface area (Å²) in [5, 5.41) is 0. The molecule has 0 amide bonds. The molecule has 0 radical (unpaired) electrons. The van der Waals surface area contributed by atoms with E-state index in [1.807, 2.05) is 30.3 Å². The highest BCUT2D eigenvalue weighted by atomic mass is 32.2. The van der Waals surface area contributed by atoms with Crippen LogP contribution >= 0.6 is 0 Å². The lowest BCUT2D eigenvalue weighted by Crippen LogP contribution is -2.53. The fourth-order valence-corrected chi connectivity index (χ4v) is 5.00. The van der Waals surface area contributed by atoms with Crippen LogP contribution in [0.15, 0.2) is 30.3 Å². The summed E-state index contributed by atoms with van der Waals surface area (Å²) >= 11 is 0. The zero-order valence-corrected chi connectivity index (χ0v) is 13.2. The summed E-state index contributed by atoms with van der Waals surface area (Å²) in [6, 6.07) is 9.85. The van der Waals surface area contributed by atoms with Crippen LogP contribution in [0.3, 0.4) is 0 Å². The van der Waals surface area contributed by atoms with Crippen LogP contribution in [0.5, 0.6) is 0 Å². The molecule has 2 aliphatic rings. The highest BCUT2D eigenvalue weighted by Gasteiger charge is 2.44. The molecule has 6 heteroatoms. The van der Waals surface area contributed by atoms with E-state index in [4.69, 9.17) is 5.73 Å². The van der Waals surface area contributed by atoms with Crippen LogP contribution in [-0.4, -0.2) is 43.2 Å². The van der Waals surface area contributed by atoms with Crippen LogP contribution in [0.4, 0.5) is 0 Å². The second kappa shape index (κ2) is 5.68. The summed E-state index contributed by atoms with van der Waals surface area (Å²) in [6.07, 6.45) is 2.11. The molecule has 1 saturated carbocycles. The van der Waals surface area contributed by atoms with Crippen molar-refractivity contribution < 1.29 is 8.42 Å². The second-order valence-electron chi connectivity index (χ2n) is 6.24. The molecule has 3 rings (SSSR count). The minimum Gasteiger partial charge on any atom is -0.327 e. The van der Waals surface area contributed by atoms with E-state index >= 15 is 0 Å². The average molecular weight is 309 g/mol. The highest BCUT2D eigenvalue weighted by Crippen LogP contribution is 2.37. The molecule has 1 aromatic carbocycles. The first-order valence-electron chi connectivity index (χ1n) is 7.49. The van der Waals surface area contributed by atoms with Gasteiger partial charge in [-0.2, -0.15) is 17.0 Å². The Morgan fingerprint density at radius 3 is 2.33 bits per heavy atom. The number of hydrogen-bond donors (Lipinski definition) is 1. The molecule has 3 atom stereocenters. The maximum atomic E-state index is 12.7. The van der Waals surface area contributed by atoms with Crippen LogP contribution in [0.1, 0.15) is 18.4 Å². The highest BCUT2D eigenvalue weighted by molar-refractivity contribution is 7.86. The first-order valence-corrected chi connectivity index (χ1v) is 8.89. The van der Waals surface area contributed by atoms with Gasteiger partial charge in [0.1, 0.15) is 0 Å². The van der Waals surface area contributed by atoms with E-state index in [1.54, 1.807) is 11.4 Å². The number of hydrogen-bond acceptors (Lipinski definition) is 3. The molecule has 21 heavy (non-hydrogen) atoms. The molecule has 2 bridgehead atoms. The fraction of sp³-hybridized carbons (Fsp3) is 0.600. The topological polar surface area (TPSA) is 66.6 Å². The van der Waals surface area contributed by atoms with E-state index in [0.29, 0.717) is 31.5 Å². The number of piperidine rings is 1. The Morgan fingerprint density at radius 1 is 1.19 bits per heavy atom. The van der Waals surface area contributed by atoms with Crippen molar-refractivity contribution in [1.82, 2.24) is 8.61 Å². The van der Waals surface area contributed by atoms with Gasteiger partial charge in [-0.25, -0.2) is 0 Å². The lowest BCUT2D eigenvalue weighted by atomic mass is 9.95. The summed E-state index contributed by atoms with van der Waals surface area (Å²) in [6.45, 7) is 1.54. The van der Waals surface area contributed by atoms with Crippen molar-refractivity contribution in [2.45, 2.75) is 25.4 Å². The monoisotopic (exact) mass is 309 g/mol. The zero-order valence-electron chi connectivity index (χ0n) is 12.4. The van der Waals surface area contributed by atoms with Crippen LogP contribution in [0.2, 0.25) is 0 Å². The molecule has 1 saturated heterocycles. The maximum absolute atomic E-state index is 12.7. The van der Waals surface area contributed by atoms with Gasteiger partial charge in [0.05, 0.1) is 0 Å². The molecular formula is C15H23N3O2S. The van der Waals surface area contributed by atoms with Crippen molar-refractivity contribution >= 4 is 10.2 Å².